The first kappa shape index (κ1) is 32.5. The SMILES string of the molecule is CCOc1ccc(S(=O)(=O)N(CC(=O)N(Cc2cccc(OC)c2)C(CC)C(=O)NC(C)CC)c2ccccc2)cc1. The molecule has 3 aromatic carbocycles. The Morgan fingerprint density at radius 2 is 1.57 bits per heavy atom. The van der Waals surface area contributed by atoms with E-state index in [2.05, 4.69) is 5.32 Å². The summed E-state index contributed by atoms with van der Waals surface area (Å²) in [4.78, 5) is 29.0. The molecule has 3 rings (SSSR count). The van der Waals surface area contributed by atoms with E-state index in [4.69, 9.17) is 9.47 Å². The predicted molar refractivity (Wildman–Crippen MR) is 164 cm³/mol. The van der Waals surface area contributed by atoms with E-state index in [0.717, 1.165) is 16.3 Å². The van der Waals surface area contributed by atoms with Crippen LogP contribution in [0.15, 0.2) is 83.8 Å². The fraction of sp³-hybridized carbons (Fsp3) is 0.375. The zero-order chi connectivity index (χ0) is 30.7. The van der Waals surface area contributed by atoms with E-state index in [1.165, 1.54) is 17.0 Å². The van der Waals surface area contributed by atoms with Crippen molar-refractivity contribution in [1.29, 1.82) is 0 Å². The number of amides is 2. The Balaban J connectivity index is 2.03. The lowest BCUT2D eigenvalue weighted by Crippen LogP contribution is -2.53. The van der Waals surface area contributed by atoms with Gasteiger partial charge in [-0.3, -0.25) is 13.9 Å². The van der Waals surface area contributed by atoms with Crippen LogP contribution < -0.4 is 19.1 Å². The van der Waals surface area contributed by atoms with Crippen molar-refractivity contribution in [3.05, 3.63) is 84.4 Å². The molecule has 3 aromatic rings. The minimum Gasteiger partial charge on any atom is -0.497 e. The van der Waals surface area contributed by atoms with Gasteiger partial charge in [0.05, 0.1) is 24.3 Å². The highest BCUT2D eigenvalue weighted by molar-refractivity contribution is 7.92. The van der Waals surface area contributed by atoms with Crippen LogP contribution in [0, 0.1) is 0 Å². The van der Waals surface area contributed by atoms with Crippen LogP contribution in [0.3, 0.4) is 0 Å². The second-order valence-corrected chi connectivity index (χ2v) is 11.7. The molecule has 2 amide bonds. The molecule has 2 unspecified atom stereocenters. The summed E-state index contributed by atoms with van der Waals surface area (Å²) in [6.45, 7) is 7.58. The number of carbonyl (C=O) groups is 2. The highest BCUT2D eigenvalue weighted by Gasteiger charge is 2.34. The maximum absolute atomic E-state index is 14.2. The van der Waals surface area contributed by atoms with Crippen LogP contribution in [0.4, 0.5) is 5.69 Å². The summed E-state index contributed by atoms with van der Waals surface area (Å²) in [5.41, 5.74) is 1.08. The predicted octanol–water partition coefficient (Wildman–Crippen LogP) is 5.01. The van der Waals surface area contributed by atoms with Gasteiger partial charge in [-0.05, 0) is 80.8 Å². The number of benzene rings is 3. The van der Waals surface area contributed by atoms with Crippen molar-refractivity contribution in [2.45, 2.75) is 64.1 Å². The number of hydrogen-bond acceptors (Lipinski definition) is 6. The van der Waals surface area contributed by atoms with Crippen LogP contribution in [-0.2, 0) is 26.2 Å². The highest BCUT2D eigenvalue weighted by atomic mass is 32.2. The number of hydrogen-bond donors (Lipinski definition) is 1. The van der Waals surface area contributed by atoms with Gasteiger partial charge in [0, 0.05) is 12.6 Å². The van der Waals surface area contributed by atoms with Crippen molar-refractivity contribution in [3.63, 3.8) is 0 Å². The molecular weight excluding hydrogens is 554 g/mol. The molecule has 0 heterocycles. The van der Waals surface area contributed by atoms with Gasteiger partial charge in [-0.25, -0.2) is 8.42 Å². The van der Waals surface area contributed by atoms with Crippen LogP contribution in [0.2, 0.25) is 0 Å². The lowest BCUT2D eigenvalue weighted by Gasteiger charge is -2.33. The van der Waals surface area contributed by atoms with Gasteiger partial charge < -0.3 is 19.7 Å². The number of para-hydroxylation sites is 1. The topological polar surface area (TPSA) is 105 Å². The average Bonchev–Trinajstić information content (AvgIpc) is 3.00. The molecule has 226 valence electrons. The van der Waals surface area contributed by atoms with Crippen LogP contribution in [-0.4, -0.2) is 57.5 Å². The Morgan fingerprint density at radius 3 is 2.17 bits per heavy atom. The average molecular weight is 596 g/mol. The van der Waals surface area contributed by atoms with Crippen molar-refractivity contribution in [1.82, 2.24) is 10.2 Å². The largest absolute Gasteiger partial charge is 0.497 e. The number of nitrogens with one attached hydrogen (secondary N) is 1. The van der Waals surface area contributed by atoms with Gasteiger partial charge >= 0.3 is 0 Å². The quantitative estimate of drug-likeness (QED) is 0.265. The van der Waals surface area contributed by atoms with Crippen LogP contribution in [0.25, 0.3) is 0 Å². The standard InChI is InChI=1S/C32H41N3O6S/c1-6-24(4)33-32(37)30(7-2)34(22-25-13-12-16-28(21-25)40-5)31(36)23-35(26-14-10-9-11-15-26)42(38,39)29-19-17-27(18-20-29)41-8-3/h9-21,24,30H,6-8,22-23H2,1-5H3,(H,33,37). The second kappa shape index (κ2) is 15.3. The Kier molecular flexibility index (Phi) is 11.8. The van der Waals surface area contributed by atoms with E-state index in [1.54, 1.807) is 61.7 Å². The molecule has 0 radical (unpaired) electrons. The summed E-state index contributed by atoms with van der Waals surface area (Å²) in [5, 5.41) is 2.98. The summed E-state index contributed by atoms with van der Waals surface area (Å²) in [6, 6.07) is 20.9. The third-order valence-corrected chi connectivity index (χ3v) is 8.71. The molecule has 1 N–H and O–H groups in total. The molecule has 0 aromatic heterocycles. The molecule has 42 heavy (non-hydrogen) atoms. The van der Waals surface area contributed by atoms with Crippen LogP contribution in [0.5, 0.6) is 11.5 Å². The van der Waals surface area contributed by atoms with Gasteiger partial charge in [-0.15, -0.1) is 0 Å². The molecule has 0 aliphatic carbocycles. The Bertz CT molecular complexity index is 1410. The molecule has 0 fully saturated rings. The molecule has 0 spiro atoms. The van der Waals surface area contributed by atoms with E-state index in [0.29, 0.717) is 30.2 Å². The van der Waals surface area contributed by atoms with Gasteiger partial charge in [0.1, 0.15) is 24.1 Å². The van der Waals surface area contributed by atoms with E-state index >= 15 is 0 Å². The smallest absolute Gasteiger partial charge is 0.264 e. The summed E-state index contributed by atoms with van der Waals surface area (Å²) >= 11 is 0. The molecule has 9 nitrogen and oxygen atoms in total. The maximum Gasteiger partial charge on any atom is 0.264 e. The van der Waals surface area contributed by atoms with Crippen LogP contribution >= 0.6 is 0 Å². The van der Waals surface area contributed by atoms with Gasteiger partial charge in [0.2, 0.25) is 11.8 Å². The zero-order valence-electron chi connectivity index (χ0n) is 24.9. The number of carbonyl (C=O) groups excluding carboxylic acids is 2. The summed E-state index contributed by atoms with van der Waals surface area (Å²) in [6.07, 6.45) is 1.07. The van der Waals surface area contributed by atoms with Crippen molar-refractivity contribution in [2.24, 2.45) is 0 Å². The normalized spacial score (nSPS) is 12.6. The van der Waals surface area contributed by atoms with Crippen molar-refractivity contribution in [3.8, 4) is 11.5 Å². The number of anilines is 1. The number of ether oxygens (including phenoxy) is 2. The van der Waals surface area contributed by atoms with Crippen molar-refractivity contribution >= 4 is 27.5 Å². The molecule has 0 saturated heterocycles. The first-order valence-electron chi connectivity index (χ1n) is 14.2. The van der Waals surface area contributed by atoms with Crippen molar-refractivity contribution < 1.29 is 27.5 Å². The lowest BCUT2D eigenvalue weighted by molar-refractivity contribution is -0.140. The zero-order valence-corrected chi connectivity index (χ0v) is 25.8. The Hall–Kier alpha value is -4.05. The molecule has 10 heteroatoms. The first-order valence-corrected chi connectivity index (χ1v) is 15.6. The molecule has 0 saturated carbocycles. The van der Waals surface area contributed by atoms with Gasteiger partial charge in [-0.1, -0.05) is 44.2 Å². The monoisotopic (exact) mass is 595 g/mol. The fourth-order valence-corrected chi connectivity index (χ4v) is 5.87. The summed E-state index contributed by atoms with van der Waals surface area (Å²) in [5.74, 6) is 0.355. The van der Waals surface area contributed by atoms with Gasteiger partial charge in [0.25, 0.3) is 10.0 Å². The number of methoxy groups -OCH3 is 1. The van der Waals surface area contributed by atoms with Gasteiger partial charge in [0.15, 0.2) is 0 Å². The molecule has 2 atom stereocenters. The Morgan fingerprint density at radius 1 is 0.881 bits per heavy atom. The molecule has 0 bridgehead atoms. The first-order chi connectivity index (χ1) is 20.1. The molecule has 0 aliphatic rings. The van der Waals surface area contributed by atoms with Crippen LogP contribution in [0.1, 0.15) is 46.1 Å². The molecule has 0 aliphatic heterocycles. The lowest BCUT2D eigenvalue weighted by atomic mass is 10.1. The van der Waals surface area contributed by atoms with E-state index < -0.39 is 28.5 Å². The third-order valence-electron chi connectivity index (χ3n) is 6.92. The van der Waals surface area contributed by atoms with E-state index in [1.807, 2.05) is 39.8 Å². The number of nitrogens with zero attached hydrogens (tertiary/aromatic N) is 2. The van der Waals surface area contributed by atoms with E-state index in [9.17, 15) is 18.0 Å². The van der Waals surface area contributed by atoms with Gasteiger partial charge in [-0.2, -0.15) is 0 Å². The van der Waals surface area contributed by atoms with Crippen molar-refractivity contribution in [2.75, 3.05) is 24.6 Å². The maximum atomic E-state index is 14.2. The Labute approximate surface area is 249 Å². The third kappa shape index (κ3) is 8.25. The highest BCUT2D eigenvalue weighted by Crippen LogP contribution is 2.26. The summed E-state index contributed by atoms with van der Waals surface area (Å²) in [7, 11) is -2.61. The minimum atomic E-state index is -4.16. The minimum absolute atomic E-state index is 0.0171. The number of sulfonamides is 1. The fourth-order valence-electron chi connectivity index (χ4n) is 4.45. The second-order valence-electron chi connectivity index (χ2n) is 9.87. The number of rotatable bonds is 15. The molecular formula is C32H41N3O6S. The van der Waals surface area contributed by atoms with E-state index in [-0.39, 0.29) is 23.4 Å². The summed E-state index contributed by atoms with van der Waals surface area (Å²) < 4.78 is 39.9.